The summed E-state index contributed by atoms with van der Waals surface area (Å²) in [4.78, 5) is 21.0. The summed E-state index contributed by atoms with van der Waals surface area (Å²) in [6, 6.07) is 2.52. The first-order valence-electron chi connectivity index (χ1n) is 3.68. The Labute approximate surface area is 88.2 Å². The molecule has 6 heteroatoms. The molecular weight excluding hydrogens is 252 g/mol. The number of rotatable bonds is 2. The van der Waals surface area contributed by atoms with Crippen LogP contribution in [0.15, 0.2) is 16.6 Å². The van der Waals surface area contributed by atoms with Crippen LogP contribution in [0.1, 0.15) is 17.3 Å². The molecule has 1 aromatic carbocycles. The average Bonchev–Trinajstić information content (AvgIpc) is 2.08. The van der Waals surface area contributed by atoms with Gasteiger partial charge in [-0.2, -0.15) is 0 Å². The maximum absolute atomic E-state index is 11.1. The van der Waals surface area contributed by atoms with Crippen LogP contribution in [-0.4, -0.2) is 10.7 Å². The topological polar surface area (TPSA) is 86.2 Å². The molecule has 1 aromatic rings. The minimum Gasteiger partial charge on any atom is -0.398 e. The zero-order valence-electron chi connectivity index (χ0n) is 7.28. The van der Waals surface area contributed by atoms with Crippen LogP contribution in [0.5, 0.6) is 0 Å². The number of hydrogen-bond donors (Lipinski definition) is 1. The molecule has 0 radical (unpaired) electrons. The number of nitro benzene ring substituents is 1. The molecule has 0 aliphatic carbocycles. The van der Waals surface area contributed by atoms with Gasteiger partial charge in [0.05, 0.1) is 10.5 Å². The van der Waals surface area contributed by atoms with Crippen molar-refractivity contribution in [1.29, 1.82) is 0 Å². The second kappa shape index (κ2) is 3.75. The normalized spacial score (nSPS) is 9.86. The average molecular weight is 259 g/mol. The molecule has 14 heavy (non-hydrogen) atoms. The number of nitro groups is 1. The Hall–Kier alpha value is -1.43. The quantitative estimate of drug-likeness (QED) is 0.381. The van der Waals surface area contributed by atoms with Gasteiger partial charge in [-0.3, -0.25) is 14.9 Å². The van der Waals surface area contributed by atoms with Crippen LogP contribution >= 0.6 is 15.9 Å². The third kappa shape index (κ3) is 1.90. The van der Waals surface area contributed by atoms with Gasteiger partial charge in [-0.15, -0.1) is 0 Å². The molecule has 0 aromatic heterocycles. The van der Waals surface area contributed by atoms with Gasteiger partial charge in [-0.25, -0.2) is 0 Å². The van der Waals surface area contributed by atoms with Crippen LogP contribution < -0.4 is 5.73 Å². The van der Waals surface area contributed by atoms with Gasteiger partial charge in [-0.1, -0.05) is 0 Å². The highest BCUT2D eigenvalue weighted by Crippen LogP contribution is 2.29. The Morgan fingerprint density at radius 1 is 1.57 bits per heavy atom. The van der Waals surface area contributed by atoms with Gasteiger partial charge in [0.15, 0.2) is 5.78 Å². The second-order valence-corrected chi connectivity index (χ2v) is 3.56. The molecule has 0 bridgehead atoms. The molecule has 0 fully saturated rings. The largest absolute Gasteiger partial charge is 0.398 e. The number of Topliss-reactive ketones (excluding diaryl/α,β-unsaturated/α-hetero) is 1. The maximum Gasteiger partial charge on any atom is 0.281 e. The third-order valence-electron chi connectivity index (χ3n) is 1.69. The number of hydrogen-bond acceptors (Lipinski definition) is 4. The van der Waals surface area contributed by atoms with E-state index in [0.717, 1.165) is 0 Å². The van der Waals surface area contributed by atoms with E-state index in [9.17, 15) is 14.9 Å². The summed E-state index contributed by atoms with van der Waals surface area (Å²) in [5, 5.41) is 10.6. The van der Waals surface area contributed by atoms with Gasteiger partial charge >= 0.3 is 0 Å². The van der Waals surface area contributed by atoms with Crippen LogP contribution in [0, 0.1) is 10.1 Å². The SMILES string of the molecule is CC(=O)c1cc(N)c(Br)cc1[N+](=O)[O-]. The lowest BCUT2D eigenvalue weighted by Gasteiger charge is -2.02. The van der Waals surface area contributed by atoms with Gasteiger partial charge in [0.25, 0.3) is 5.69 Å². The summed E-state index contributed by atoms with van der Waals surface area (Å²) in [6.45, 7) is 1.26. The lowest BCUT2D eigenvalue weighted by Crippen LogP contribution is -2.02. The molecule has 2 N–H and O–H groups in total. The highest BCUT2D eigenvalue weighted by Gasteiger charge is 2.19. The van der Waals surface area contributed by atoms with Crippen molar-refractivity contribution in [3.05, 3.63) is 32.3 Å². The molecule has 0 atom stereocenters. The number of nitrogen functional groups attached to an aromatic ring is 1. The highest BCUT2D eigenvalue weighted by atomic mass is 79.9. The minimum absolute atomic E-state index is 0.0238. The molecule has 0 aliphatic rings. The van der Waals surface area contributed by atoms with Crippen LogP contribution in [-0.2, 0) is 0 Å². The summed E-state index contributed by atoms with van der Waals surface area (Å²) < 4.78 is 0.411. The van der Waals surface area contributed by atoms with Crippen LogP contribution in [0.3, 0.4) is 0 Å². The molecule has 0 spiro atoms. The van der Waals surface area contributed by atoms with E-state index in [1.54, 1.807) is 0 Å². The van der Waals surface area contributed by atoms with Crippen molar-refractivity contribution in [3.63, 3.8) is 0 Å². The number of nitrogens with two attached hydrogens (primary N) is 1. The fraction of sp³-hybridized carbons (Fsp3) is 0.125. The van der Waals surface area contributed by atoms with E-state index in [4.69, 9.17) is 5.73 Å². The number of carbonyl (C=O) groups excluding carboxylic acids is 1. The van der Waals surface area contributed by atoms with Crippen LogP contribution in [0.2, 0.25) is 0 Å². The number of anilines is 1. The molecule has 0 saturated carbocycles. The number of nitrogens with zero attached hydrogens (tertiary/aromatic N) is 1. The zero-order chi connectivity index (χ0) is 10.9. The number of ketones is 1. The predicted octanol–water partition coefficient (Wildman–Crippen LogP) is 2.14. The molecule has 5 nitrogen and oxygen atoms in total. The molecule has 74 valence electrons. The van der Waals surface area contributed by atoms with Gasteiger partial charge in [0, 0.05) is 16.2 Å². The van der Waals surface area contributed by atoms with Crippen molar-refractivity contribution in [2.24, 2.45) is 0 Å². The van der Waals surface area contributed by atoms with Gasteiger partial charge in [-0.05, 0) is 28.9 Å². The van der Waals surface area contributed by atoms with Gasteiger partial charge in [0.2, 0.25) is 0 Å². The third-order valence-corrected chi connectivity index (χ3v) is 2.38. The number of benzene rings is 1. The van der Waals surface area contributed by atoms with Crippen molar-refractivity contribution >= 4 is 33.1 Å². The molecular formula is C8H7BrN2O3. The van der Waals surface area contributed by atoms with E-state index >= 15 is 0 Å². The summed E-state index contributed by atoms with van der Waals surface area (Å²) in [7, 11) is 0. The van der Waals surface area contributed by atoms with E-state index < -0.39 is 4.92 Å². The Morgan fingerprint density at radius 3 is 2.57 bits per heavy atom. The van der Waals surface area contributed by atoms with E-state index in [-0.39, 0.29) is 17.0 Å². The number of carbonyl (C=O) groups is 1. The molecule has 0 amide bonds. The van der Waals surface area contributed by atoms with Gasteiger partial charge < -0.3 is 5.73 Å². The van der Waals surface area contributed by atoms with E-state index in [2.05, 4.69) is 15.9 Å². The summed E-state index contributed by atoms with van der Waals surface area (Å²) in [5.74, 6) is -0.379. The number of halogens is 1. The van der Waals surface area contributed by atoms with E-state index in [1.807, 2.05) is 0 Å². The molecule has 1 rings (SSSR count). The van der Waals surface area contributed by atoms with Crippen molar-refractivity contribution in [1.82, 2.24) is 0 Å². The zero-order valence-corrected chi connectivity index (χ0v) is 8.87. The van der Waals surface area contributed by atoms with Crippen LogP contribution in [0.4, 0.5) is 11.4 Å². The van der Waals surface area contributed by atoms with E-state index in [1.165, 1.54) is 19.1 Å². The smallest absolute Gasteiger partial charge is 0.281 e. The first-order chi connectivity index (χ1) is 6.43. The standard InChI is InChI=1S/C8H7BrN2O3/c1-4(12)5-2-7(10)6(9)3-8(5)11(13)14/h2-3H,10H2,1H3. The lowest BCUT2D eigenvalue weighted by atomic mass is 10.1. The maximum atomic E-state index is 11.1. The Kier molecular flexibility index (Phi) is 2.85. The van der Waals surface area contributed by atoms with Crippen LogP contribution in [0.25, 0.3) is 0 Å². The molecule has 0 heterocycles. The fourth-order valence-electron chi connectivity index (χ4n) is 1.01. The molecule has 0 aliphatic heterocycles. The summed E-state index contributed by atoms with van der Waals surface area (Å²) in [5.41, 5.74) is 5.60. The van der Waals surface area contributed by atoms with Crippen molar-refractivity contribution in [2.45, 2.75) is 6.92 Å². The first kappa shape index (κ1) is 10.6. The Balaban J connectivity index is 3.46. The first-order valence-corrected chi connectivity index (χ1v) is 4.47. The Morgan fingerprint density at radius 2 is 2.14 bits per heavy atom. The van der Waals surface area contributed by atoms with E-state index in [0.29, 0.717) is 10.2 Å². The van der Waals surface area contributed by atoms with Crippen molar-refractivity contribution < 1.29 is 9.72 Å². The molecule has 0 unspecified atom stereocenters. The monoisotopic (exact) mass is 258 g/mol. The fourth-order valence-corrected chi connectivity index (χ4v) is 1.34. The predicted molar refractivity (Wildman–Crippen MR) is 55.2 cm³/mol. The summed E-state index contributed by atoms with van der Waals surface area (Å²) >= 11 is 3.06. The highest BCUT2D eigenvalue weighted by molar-refractivity contribution is 9.10. The van der Waals surface area contributed by atoms with Crippen molar-refractivity contribution in [3.8, 4) is 0 Å². The second-order valence-electron chi connectivity index (χ2n) is 2.70. The molecule has 0 saturated heterocycles. The van der Waals surface area contributed by atoms with Gasteiger partial charge in [0.1, 0.15) is 0 Å². The Bertz CT molecular complexity index is 378. The summed E-state index contributed by atoms with van der Waals surface area (Å²) in [6.07, 6.45) is 0. The lowest BCUT2D eigenvalue weighted by molar-refractivity contribution is -0.385. The minimum atomic E-state index is -0.610. The van der Waals surface area contributed by atoms with Crippen molar-refractivity contribution in [2.75, 3.05) is 5.73 Å².